The molecule has 0 aromatic carbocycles. The van der Waals surface area contributed by atoms with Gasteiger partial charge in [-0.2, -0.15) is 0 Å². The summed E-state index contributed by atoms with van der Waals surface area (Å²) >= 11 is 0. The van der Waals surface area contributed by atoms with Gasteiger partial charge in [-0.05, 0) is 6.42 Å². The molecule has 12 heavy (non-hydrogen) atoms. The molecule has 0 bridgehead atoms. The summed E-state index contributed by atoms with van der Waals surface area (Å²) in [5, 5.41) is 0. The molecule has 2 aromatic heterocycles. The number of aryl methyl sites for hydroxylation is 1. The molecule has 0 amide bonds. The predicted octanol–water partition coefficient (Wildman–Crippen LogP) is 0.982. The second-order valence-corrected chi connectivity index (χ2v) is 2.45. The van der Waals surface area contributed by atoms with Crippen molar-refractivity contribution in [1.29, 1.82) is 0 Å². The van der Waals surface area contributed by atoms with Gasteiger partial charge in [-0.15, -0.1) is 0 Å². The molecule has 0 unspecified atom stereocenters. The average Bonchev–Trinajstić information content (AvgIpc) is 2.17. The standard InChI is InChI=1S/C8H8N4/c1-2-6-3-10-8-7(12-6)4-9-5-11-8/h3-5H,2H2,1H3. The number of hydrogen-bond donors (Lipinski definition) is 0. The number of aromatic nitrogens is 4. The Labute approximate surface area is 69.7 Å². The van der Waals surface area contributed by atoms with Crippen LogP contribution in [0.3, 0.4) is 0 Å². The van der Waals surface area contributed by atoms with Gasteiger partial charge in [0.2, 0.25) is 0 Å². The topological polar surface area (TPSA) is 51.6 Å². The Hall–Kier alpha value is -1.58. The fraction of sp³-hybridized carbons (Fsp3) is 0.250. The van der Waals surface area contributed by atoms with E-state index in [0.29, 0.717) is 5.65 Å². The fourth-order valence-electron chi connectivity index (χ4n) is 0.984. The lowest BCUT2D eigenvalue weighted by atomic mass is 10.3. The highest BCUT2D eigenvalue weighted by Crippen LogP contribution is 2.03. The lowest BCUT2D eigenvalue weighted by molar-refractivity contribution is 1.01. The molecular formula is C8H8N4. The van der Waals surface area contributed by atoms with Gasteiger partial charge in [0, 0.05) is 0 Å². The Balaban J connectivity index is 2.67. The van der Waals surface area contributed by atoms with Gasteiger partial charge < -0.3 is 0 Å². The summed E-state index contributed by atoms with van der Waals surface area (Å²) in [6.07, 6.45) is 5.78. The first-order valence-corrected chi connectivity index (χ1v) is 3.82. The van der Waals surface area contributed by atoms with Crippen LogP contribution in [0.1, 0.15) is 12.6 Å². The van der Waals surface area contributed by atoms with Crippen molar-refractivity contribution in [3.63, 3.8) is 0 Å². The Bertz CT molecular complexity index is 399. The van der Waals surface area contributed by atoms with Gasteiger partial charge in [0.05, 0.1) is 18.1 Å². The smallest absolute Gasteiger partial charge is 0.181 e. The van der Waals surface area contributed by atoms with E-state index in [1.54, 1.807) is 12.4 Å². The molecule has 4 nitrogen and oxygen atoms in total. The maximum Gasteiger partial charge on any atom is 0.181 e. The normalized spacial score (nSPS) is 10.4. The van der Waals surface area contributed by atoms with Crippen LogP contribution in [0.2, 0.25) is 0 Å². The summed E-state index contributed by atoms with van der Waals surface area (Å²) in [5.41, 5.74) is 2.39. The van der Waals surface area contributed by atoms with E-state index in [0.717, 1.165) is 17.6 Å². The number of nitrogens with zero attached hydrogens (tertiary/aromatic N) is 4. The fourth-order valence-corrected chi connectivity index (χ4v) is 0.984. The molecule has 2 aromatic rings. The van der Waals surface area contributed by atoms with Crippen LogP contribution in [0, 0.1) is 0 Å². The Morgan fingerprint density at radius 1 is 1.25 bits per heavy atom. The summed E-state index contributed by atoms with van der Waals surface area (Å²) in [4.78, 5) is 16.3. The van der Waals surface area contributed by atoms with Crippen LogP contribution in [-0.4, -0.2) is 19.9 Å². The van der Waals surface area contributed by atoms with Crippen molar-refractivity contribution in [2.45, 2.75) is 13.3 Å². The van der Waals surface area contributed by atoms with Crippen molar-refractivity contribution >= 4 is 11.2 Å². The van der Waals surface area contributed by atoms with Crippen molar-refractivity contribution in [3.8, 4) is 0 Å². The summed E-state index contributed by atoms with van der Waals surface area (Å²) in [6.45, 7) is 2.04. The molecule has 0 radical (unpaired) electrons. The van der Waals surface area contributed by atoms with Crippen molar-refractivity contribution < 1.29 is 0 Å². The number of fused-ring (bicyclic) bond motifs is 1. The zero-order valence-corrected chi connectivity index (χ0v) is 6.73. The van der Waals surface area contributed by atoms with Gasteiger partial charge in [-0.3, -0.25) is 0 Å². The zero-order chi connectivity index (χ0) is 8.39. The average molecular weight is 160 g/mol. The van der Waals surface area contributed by atoms with E-state index in [2.05, 4.69) is 19.9 Å². The van der Waals surface area contributed by atoms with Gasteiger partial charge in [-0.1, -0.05) is 6.92 Å². The van der Waals surface area contributed by atoms with E-state index in [1.807, 2.05) is 6.92 Å². The maximum absolute atomic E-state index is 4.31. The first-order valence-electron chi connectivity index (χ1n) is 3.82. The van der Waals surface area contributed by atoms with Crippen molar-refractivity contribution in [3.05, 3.63) is 24.4 Å². The minimum atomic E-state index is 0.655. The molecule has 0 N–H and O–H groups in total. The zero-order valence-electron chi connectivity index (χ0n) is 6.73. The lowest BCUT2D eigenvalue weighted by Gasteiger charge is -1.96. The van der Waals surface area contributed by atoms with Crippen LogP contribution >= 0.6 is 0 Å². The third-order valence-electron chi connectivity index (χ3n) is 1.63. The maximum atomic E-state index is 4.31. The molecule has 2 rings (SSSR count). The van der Waals surface area contributed by atoms with E-state index in [4.69, 9.17) is 0 Å². The molecule has 0 spiro atoms. The van der Waals surface area contributed by atoms with Crippen molar-refractivity contribution in [2.75, 3.05) is 0 Å². The molecule has 0 atom stereocenters. The highest BCUT2D eigenvalue weighted by Gasteiger charge is 1.97. The van der Waals surface area contributed by atoms with Crippen molar-refractivity contribution in [2.24, 2.45) is 0 Å². The van der Waals surface area contributed by atoms with E-state index in [-0.39, 0.29) is 0 Å². The molecular weight excluding hydrogens is 152 g/mol. The Kier molecular flexibility index (Phi) is 1.66. The van der Waals surface area contributed by atoms with Crippen LogP contribution in [0.4, 0.5) is 0 Å². The molecule has 60 valence electrons. The molecule has 4 heteroatoms. The molecule has 0 fully saturated rings. The second-order valence-electron chi connectivity index (χ2n) is 2.45. The van der Waals surface area contributed by atoms with Crippen LogP contribution in [0.25, 0.3) is 11.2 Å². The molecule has 0 aliphatic heterocycles. The van der Waals surface area contributed by atoms with Gasteiger partial charge >= 0.3 is 0 Å². The van der Waals surface area contributed by atoms with Crippen LogP contribution in [0.15, 0.2) is 18.7 Å². The van der Waals surface area contributed by atoms with Gasteiger partial charge in [0.25, 0.3) is 0 Å². The van der Waals surface area contributed by atoms with Gasteiger partial charge in [0.1, 0.15) is 11.8 Å². The summed E-state index contributed by atoms with van der Waals surface area (Å²) < 4.78 is 0. The quantitative estimate of drug-likeness (QED) is 0.624. The first-order chi connectivity index (χ1) is 5.90. The van der Waals surface area contributed by atoms with Crippen LogP contribution < -0.4 is 0 Å². The molecule has 2 heterocycles. The van der Waals surface area contributed by atoms with Crippen molar-refractivity contribution in [1.82, 2.24) is 19.9 Å². The predicted molar refractivity (Wildman–Crippen MR) is 44.5 cm³/mol. The minimum Gasteiger partial charge on any atom is -0.246 e. The third kappa shape index (κ3) is 1.11. The highest BCUT2D eigenvalue weighted by atomic mass is 14.9. The number of hydrogen-bond acceptors (Lipinski definition) is 4. The lowest BCUT2D eigenvalue weighted by Crippen LogP contribution is -1.93. The summed E-state index contributed by atoms with van der Waals surface area (Å²) in [7, 11) is 0. The van der Waals surface area contributed by atoms with Gasteiger partial charge in [0.15, 0.2) is 5.65 Å². The Morgan fingerprint density at radius 2 is 2.17 bits per heavy atom. The summed E-state index contributed by atoms with van der Waals surface area (Å²) in [5.74, 6) is 0. The SMILES string of the molecule is CCc1cnc2ncncc2n1. The molecule has 0 saturated heterocycles. The van der Waals surface area contributed by atoms with E-state index >= 15 is 0 Å². The van der Waals surface area contributed by atoms with E-state index < -0.39 is 0 Å². The first kappa shape index (κ1) is 7.09. The largest absolute Gasteiger partial charge is 0.246 e. The summed E-state index contributed by atoms with van der Waals surface area (Å²) in [6, 6.07) is 0. The molecule has 0 aliphatic carbocycles. The molecule has 0 aliphatic rings. The van der Waals surface area contributed by atoms with Gasteiger partial charge in [-0.25, -0.2) is 19.9 Å². The minimum absolute atomic E-state index is 0.655. The monoisotopic (exact) mass is 160 g/mol. The number of rotatable bonds is 1. The van der Waals surface area contributed by atoms with Crippen LogP contribution in [0.5, 0.6) is 0 Å². The molecule has 0 saturated carbocycles. The highest BCUT2D eigenvalue weighted by molar-refractivity contribution is 5.67. The Morgan fingerprint density at radius 3 is 3.00 bits per heavy atom. The van der Waals surface area contributed by atoms with E-state index in [9.17, 15) is 0 Å². The second kappa shape index (κ2) is 2.81. The third-order valence-corrected chi connectivity index (χ3v) is 1.63. The van der Waals surface area contributed by atoms with E-state index in [1.165, 1.54) is 6.33 Å². The van der Waals surface area contributed by atoms with Crippen LogP contribution in [-0.2, 0) is 6.42 Å².